The fourth-order valence-electron chi connectivity index (χ4n) is 1.02. The molecule has 1 aromatic rings. The van der Waals surface area contributed by atoms with Crippen LogP contribution in [-0.2, 0) is 6.18 Å². The van der Waals surface area contributed by atoms with Crippen molar-refractivity contribution in [2.24, 2.45) is 0 Å². The van der Waals surface area contributed by atoms with Gasteiger partial charge in [-0.05, 0) is 29.8 Å². The van der Waals surface area contributed by atoms with Gasteiger partial charge in [0.1, 0.15) is 0 Å². The average molecular weight is 234 g/mol. The fraction of sp³-hybridized carbons (Fsp3) is 0.111. The number of carbonyl (C=O) groups excluding carboxylic acids is 1. The van der Waals surface area contributed by atoms with Crippen molar-refractivity contribution < 1.29 is 18.0 Å². The summed E-state index contributed by atoms with van der Waals surface area (Å²) in [6.07, 6.45) is -4.70. The highest BCUT2D eigenvalue weighted by Crippen LogP contribution is 2.33. The first kappa shape index (κ1) is 11.5. The van der Waals surface area contributed by atoms with E-state index in [2.05, 4.69) is 0 Å². The minimum Gasteiger partial charge on any atom is -0.276 e. The van der Waals surface area contributed by atoms with Crippen LogP contribution in [0, 0.1) is 11.3 Å². The number of nitriles is 1. The molecular weight excluding hydrogens is 231 g/mol. The summed E-state index contributed by atoms with van der Waals surface area (Å²) in [6.45, 7) is 0. The molecule has 1 aromatic carbocycles. The van der Waals surface area contributed by atoms with E-state index >= 15 is 0 Å². The Morgan fingerprint density at radius 1 is 1.40 bits per heavy atom. The lowest BCUT2D eigenvalue weighted by molar-refractivity contribution is -0.137. The zero-order valence-corrected chi connectivity index (χ0v) is 7.86. The average Bonchev–Trinajstić information content (AvgIpc) is 2.15. The minimum absolute atomic E-state index is 0.177. The first-order chi connectivity index (χ1) is 6.86. The molecule has 0 aromatic heterocycles. The second kappa shape index (κ2) is 3.91. The summed E-state index contributed by atoms with van der Waals surface area (Å²) in [5.74, 6) is 0. The van der Waals surface area contributed by atoms with Gasteiger partial charge in [0.2, 0.25) is 0 Å². The smallest absolute Gasteiger partial charge is 0.276 e. The molecule has 1 rings (SSSR count). The van der Waals surface area contributed by atoms with Crippen LogP contribution in [0.15, 0.2) is 18.2 Å². The van der Waals surface area contributed by atoms with Gasteiger partial charge in [-0.3, -0.25) is 4.79 Å². The fourth-order valence-corrected chi connectivity index (χ4v) is 1.18. The summed E-state index contributed by atoms with van der Waals surface area (Å²) < 4.78 is 37.2. The van der Waals surface area contributed by atoms with Crippen molar-refractivity contribution in [3.05, 3.63) is 34.9 Å². The molecule has 0 bridgehead atoms. The van der Waals surface area contributed by atoms with Crippen molar-refractivity contribution >= 4 is 16.8 Å². The summed E-state index contributed by atoms with van der Waals surface area (Å²) in [6, 6.07) is 4.13. The number of alkyl halides is 3. The molecule has 0 aliphatic carbocycles. The van der Waals surface area contributed by atoms with E-state index in [4.69, 9.17) is 16.9 Å². The van der Waals surface area contributed by atoms with E-state index in [-0.39, 0.29) is 5.56 Å². The summed E-state index contributed by atoms with van der Waals surface area (Å²) in [4.78, 5) is 10.7. The normalized spacial score (nSPS) is 10.9. The number of hydrogen-bond acceptors (Lipinski definition) is 2. The number of hydrogen-bond donors (Lipinski definition) is 0. The van der Waals surface area contributed by atoms with Crippen LogP contribution >= 0.6 is 11.6 Å². The number of carbonyl (C=O) groups is 1. The number of benzene rings is 1. The van der Waals surface area contributed by atoms with Crippen LogP contribution in [0.5, 0.6) is 0 Å². The third kappa shape index (κ3) is 2.48. The molecule has 0 spiro atoms. The molecule has 0 saturated carbocycles. The van der Waals surface area contributed by atoms with Crippen LogP contribution in [0.2, 0.25) is 0 Å². The summed E-state index contributed by atoms with van der Waals surface area (Å²) in [5.41, 5.74) is -2.02. The van der Waals surface area contributed by atoms with E-state index in [1.165, 1.54) is 0 Å². The molecule has 0 fully saturated rings. The molecule has 0 radical (unpaired) electrons. The summed E-state index contributed by atoms with van der Waals surface area (Å²) >= 11 is 4.99. The van der Waals surface area contributed by atoms with E-state index in [0.717, 1.165) is 12.1 Å². The number of nitrogens with zero attached hydrogens (tertiary/aromatic N) is 1. The Balaban J connectivity index is 3.44. The van der Waals surface area contributed by atoms with Crippen molar-refractivity contribution in [3.8, 4) is 6.07 Å². The molecular formula is C9H3ClF3NO. The van der Waals surface area contributed by atoms with Crippen LogP contribution in [0.25, 0.3) is 0 Å². The van der Waals surface area contributed by atoms with E-state index in [9.17, 15) is 18.0 Å². The molecule has 0 aliphatic heterocycles. The van der Waals surface area contributed by atoms with E-state index < -0.39 is 22.5 Å². The van der Waals surface area contributed by atoms with Crippen molar-refractivity contribution in [3.63, 3.8) is 0 Å². The Bertz CT molecular complexity index is 448. The van der Waals surface area contributed by atoms with Crippen molar-refractivity contribution in [1.82, 2.24) is 0 Å². The van der Waals surface area contributed by atoms with Crippen LogP contribution in [0.3, 0.4) is 0 Å². The molecule has 6 heteroatoms. The van der Waals surface area contributed by atoms with Crippen molar-refractivity contribution in [2.75, 3.05) is 0 Å². The van der Waals surface area contributed by atoms with Gasteiger partial charge >= 0.3 is 6.18 Å². The third-order valence-electron chi connectivity index (χ3n) is 1.67. The second-order valence-electron chi connectivity index (χ2n) is 2.64. The molecule has 0 atom stereocenters. The van der Waals surface area contributed by atoms with Gasteiger partial charge in [0.05, 0.1) is 17.2 Å². The molecule has 15 heavy (non-hydrogen) atoms. The number of rotatable bonds is 1. The van der Waals surface area contributed by atoms with Gasteiger partial charge in [0.15, 0.2) is 0 Å². The molecule has 78 valence electrons. The highest BCUT2D eigenvalue weighted by molar-refractivity contribution is 6.67. The van der Waals surface area contributed by atoms with Gasteiger partial charge < -0.3 is 0 Å². The van der Waals surface area contributed by atoms with Gasteiger partial charge in [0, 0.05) is 5.56 Å². The molecule has 0 amide bonds. The van der Waals surface area contributed by atoms with Gasteiger partial charge in [0.25, 0.3) is 5.24 Å². The lowest BCUT2D eigenvalue weighted by atomic mass is 10.0. The second-order valence-corrected chi connectivity index (χ2v) is 2.99. The van der Waals surface area contributed by atoms with E-state index in [1.54, 1.807) is 6.07 Å². The maximum atomic E-state index is 12.4. The SMILES string of the molecule is N#Cc1ccc(C(=O)Cl)c(C(F)(F)F)c1. The topological polar surface area (TPSA) is 40.9 Å². The Hall–Kier alpha value is -1.54. The largest absolute Gasteiger partial charge is 0.417 e. The molecule has 0 unspecified atom stereocenters. The van der Waals surface area contributed by atoms with Crippen LogP contribution in [0.4, 0.5) is 13.2 Å². The lowest BCUT2D eigenvalue weighted by Crippen LogP contribution is -2.11. The van der Waals surface area contributed by atoms with Crippen molar-refractivity contribution in [1.29, 1.82) is 5.26 Å². The first-order valence-corrected chi connectivity index (χ1v) is 4.05. The Labute approximate surface area is 87.9 Å². The zero-order valence-electron chi connectivity index (χ0n) is 7.10. The van der Waals surface area contributed by atoms with Crippen LogP contribution in [0.1, 0.15) is 21.5 Å². The van der Waals surface area contributed by atoms with Gasteiger partial charge in [-0.25, -0.2) is 0 Å². The maximum absolute atomic E-state index is 12.4. The maximum Gasteiger partial charge on any atom is 0.417 e. The molecule has 2 nitrogen and oxygen atoms in total. The molecule has 0 saturated heterocycles. The highest BCUT2D eigenvalue weighted by atomic mass is 35.5. The molecule has 0 N–H and O–H groups in total. The third-order valence-corrected chi connectivity index (χ3v) is 1.87. The van der Waals surface area contributed by atoms with Crippen LogP contribution in [-0.4, -0.2) is 5.24 Å². The van der Waals surface area contributed by atoms with E-state index in [1.807, 2.05) is 0 Å². The molecule has 0 aliphatic rings. The first-order valence-electron chi connectivity index (χ1n) is 3.67. The Morgan fingerprint density at radius 3 is 2.40 bits per heavy atom. The molecule has 0 heterocycles. The predicted octanol–water partition coefficient (Wildman–Crippen LogP) is 2.96. The van der Waals surface area contributed by atoms with Gasteiger partial charge in [-0.2, -0.15) is 18.4 Å². The minimum atomic E-state index is -4.70. The monoisotopic (exact) mass is 233 g/mol. The Morgan fingerprint density at radius 2 is 2.00 bits per heavy atom. The van der Waals surface area contributed by atoms with Gasteiger partial charge in [-0.15, -0.1) is 0 Å². The van der Waals surface area contributed by atoms with Crippen LogP contribution < -0.4 is 0 Å². The summed E-state index contributed by atoms with van der Waals surface area (Å²) in [7, 11) is 0. The number of halogens is 4. The lowest BCUT2D eigenvalue weighted by Gasteiger charge is -2.09. The summed E-state index contributed by atoms with van der Waals surface area (Å²) in [5, 5.41) is 7.22. The standard InChI is InChI=1S/C9H3ClF3NO/c10-8(15)6-2-1-5(4-14)3-7(6)9(11,12)13/h1-3H. The quantitative estimate of drug-likeness (QED) is 0.700. The zero-order chi connectivity index (χ0) is 11.6. The van der Waals surface area contributed by atoms with E-state index in [0.29, 0.717) is 6.07 Å². The Kier molecular flexibility index (Phi) is 3.01. The van der Waals surface area contributed by atoms with Crippen molar-refractivity contribution in [2.45, 2.75) is 6.18 Å². The highest BCUT2D eigenvalue weighted by Gasteiger charge is 2.35. The predicted molar refractivity (Wildman–Crippen MR) is 46.3 cm³/mol. The van der Waals surface area contributed by atoms with Gasteiger partial charge in [-0.1, -0.05) is 0 Å².